The molecule has 0 saturated carbocycles. The lowest BCUT2D eigenvalue weighted by molar-refractivity contribution is -0.141. The van der Waals surface area contributed by atoms with Crippen molar-refractivity contribution in [3.05, 3.63) is 89.5 Å². The molecular formula is C32H41N3O5S. The molecule has 1 N–H and O–H groups in total. The minimum absolute atomic E-state index is 0.0228. The van der Waals surface area contributed by atoms with Crippen LogP contribution in [0.15, 0.2) is 77.7 Å². The van der Waals surface area contributed by atoms with Crippen molar-refractivity contribution in [2.24, 2.45) is 0 Å². The summed E-state index contributed by atoms with van der Waals surface area (Å²) in [6.07, 6.45) is 0.356. The average molecular weight is 580 g/mol. The van der Waals surface area contributed by atoms with E-state index in [2.05, 4.69) is 5.32 Å². The quantitative estimate of drug-likeness (QED) is 0.336. The third kappa shape index (κ3) is 8.10. The lowest BCUT2D eigenvalue weighted by atomic mass is 10.0. The van der Waals surface area contributed by atoms with E-state index in [4.69, 9.17) is 4.74 Å². The lowest BCUT2D eigenvalue weighted by Gasteiger charge is -2.35. The summed E-state index contributed by atoms with van der Waals surface area (Å²) in [6, 6.07) is 19.8. The van der Waals surface area contributed by atoms with E-state index in [-0.39, 0.29) is 17.3 Å². The molecule has 3 rings (SSSR count). The number of methoxy groups -OCH3 is 1. The van der Waals surface area contributed by atoms with Gasteiger partial charge in [0.15, 0.2) is 0 Å². The Morgan fingerprint density at radius 3 is 2.07 bits per heavy atom. The first-order valence-corrected chi connectivity index (χ1v) is 15.1. The molecule has 0 aliphatic rings. The van der Waals surface area contributed by atoms with Crippen LogP contribution >= 0.6 is 0 Å². The van der Waals surface area contributed by atoms with Crippen molar-refractivity contribution < 1.29 is 22.7 Å². The van der Waals surface area contributed by atoms with Crippen molar-refractivity contribution in [2.75, 3.05) is 18.0 Å². The van der Waals surface area contributed by atoms with Gasteiger partial charge in [0.1, 0.15) is 18.3 Å². The van der Waals surface area contributed by atoms with Crippen LogP contribution in [0.25, 0.3) is 0 Å². The molecular weight excluding hydrogens is 538 g/mol. The molecule has 3 aromatic carbocycles. The minimum Gasteiger partial charge on any atom is -0.497 e. The van der Waals surface area contributed by atoms with E-state index in [0.29, 0.717) is 17.9 Å². The predicted octanol–water partition coefficient (Wildman–Crippen LogP) is 5.23. The van der Waals surface area contributed by atoms with Crippen LogP contribution in [0.2, 0.25) is 0 Å². The average Bonchev–Trinajstić information content (AvgIpc) is 2.92. The zero-order chi connectivity index (χ0) is 30.4. The Labute approximate surface area is 244 Å². The first-order valence-electron chi connectivity index (χ1n) is 13.7. The molecule has 1 unspecified atom stereocenters. The molecule has 0 aliphatic heterocycles. The van der Waals surface area contributed by atoms with Crippen LogP contribution in [0.3, 0.4) is 0 Å². The second-order valence-electron chi connectivity index (χ2n) is 11.1. The number of amides is 2. The smallest absolute Gasteiger partial charge is 0.264 e. The highest BCUT2D eigenvalue weighted by Gasteiger charge is 2.34. The Balaban J connectivity index is 2.08. The van der Waals surface area contributed by atoms with Gasteiger partial charge < -0.3 is 15.0 Å². The third-order valence-electron chi connectivity index (χ3n) is 6.73. The summed E-state index contributed by atoms with van der Waals surface area (Å²) >= 11 is 0. The Hall–Kier alpha value is -3.85. The number of sulfonamides is 1. The van der Waals surface area contributed by atoms with Crippen LogP contribution in [-0.2, 0) is 26.2 Å². The first-order chi connectivity index (χ1) is 19.3. The SMILES string of the molecule is CCC(C(=O)NC(C)(C)C)N(Cc1ccccc1C)C(=O)CN(c1ccc(C)cc1)S(=O)(=O)c1ccc(OC)cc1. The molecule has 220 valence electrons. The van der Waals surface area contributed by atoms with Crippen LogP contribution in [0.5, 0.6) is 5.75 Å². The largest absolute Gasteiger partial charge is 0.497 e. The summed E-state index contributed by atoms with van der Waals surface area (Å²) in [5.41, 5.74) is 2.64. The number of carbonyl (C=O) groups is 2. The highest BCUT2D eigenvalue weighted by molar-refractivity contribution is 7.92. The van der Waals surface area contributed by atoms with Gasteiger partial charge in [-0.1, -0.05) is 48.9 Å². The van der Waals surface area contributed by atoms with Gasteiger partial charge in [-0.25, -0.2) is 8.42 Å². The third-order valence-corrected chi connectivity index (χ3v) is 8.52. The van der Waals surface area contributed by atoms with E-state index >= 15 is 0 Å². The van der Waals surface area contributed by atoms with Gasteiger partial charge in [-0.15, -0.1) is 0 Å². The number of nitrogens with one attached hydrogen (secondary N) is 1. The predicted molar refractivity (Wildman–Crippen MR) is 162 cm³/mol. The number of anilines is 1. The molecule has 2 amide bonds. The van der Waals surface area contributed by atoms with Crippen molar-refractivity contribution in [3.63, 3.8) is 0 Å². The molecule has 0 aromatic heterocycles. The van der Waals surface area contributed by atoms with Gasteiger partial charge in [0.2, 0.25) is 11.8 Å². The maximum atomic E-state index is 14.2. The van der Waals surface area contributed by atoms with Crippen molar-refractivity contribution in [1.82, 2.24) is 10.2 Å². The summed E-state index contributed by atoms with van der Waals surface area (Å²) in [5, 5.41) is 2.99. The summed E-state index contributed by atoms with van der Waals surface area (Å²) < 4.78 is 34.3. The van der Waals surface area contributed by atoms with Crippen molar-refractivity contribution in [1.29, 1.82) is 0 Å². The van der Waals surface area contributed by atoms with E-state index in [1.807, 2.05) is 65.8 Å². The van der Waals surface area contributed by atoms with Crippen molar-refractivity contribution in [3.8, 4) is 5.75 Å². The molecule has 0 aliphatic carbocycles. The number of hydrogen-bond donors (Lipinski definition) is 1. The van der Waals surface area contributed by atoms with E-state index < -0.39 is 34.1 Å². The van der Waals surface area contributed by atoms with E-state index in [0.717, 1.165) is 21.0 Å². The van der Waals surface area contributed by atoms with Crippen LogP contribution in [0.1, 0.15) is 50.8 Å². The molecule has 41 heavy (non-hydrogen) atoms. The van der Waals surface area contributed by atoms with Gasteiger partial charge in [0.25, 0.3) is 10.0 Å². The number of carbonyl (C=O) groups excluding carboxylic acids is 2. The summed E-state index contributed by atoms with van der Waals surface area (Å²) in [7, 11) is -2.65. The van der Waals surface area contributed by atoms with Gasteiger partial charge in [-0.2, -0.15) is 0 Å². The van der Waals surface area contributed by atoms with Crippen LogP contribution < -0.4 is 14.4 Å². The molecule has 0 spiro atoms. The second-order valence-corrected chi connectivity index (χ2v) is 13.0. The number of benzene rings is 3. The zero-order valence-corrected chi connectivity index (χ0v) is 25.8. The standard InChI is InChI=1S/C32H41N3O5S/c1-8-29(31(37)33-32(4,5)6)34(21-25-12-10-9-11-24(25)3)30(36)22-35(26-15-13-23(2)14-16-26)41(38,39)28-19-17-27(40-7)18-20-28/h9-20,29H,8,21-22H2,1-7H3,(H,33,37). The Bertz CT molecular complexity index is 1450. The molecule has 8 nitrogen and oxygen atoms in total. The van der Waals surface area contributed by atoms with E-state index in [1.54, 1.807) is 36.4 Å². The van der Waals surface area contributed by atoms with Gasteiger partial charge in [0, 0.05) is 12.1 Å². The Kier molecular flexibility index (Phi) is 10.2. The topological polar surface area (TPSA) is 96.0 Å². The van der Waals surface area contributed by atoms with Gasteiger partial charge in [-0.05, 0) is 88.6 Å². The van der Waals surface area contributed by atoms with Crippen molar-refractivity contribution >= 4 is 27.5 Å². The molecule has 0 bridgehead atoms. The van der Waals surface area contributed by atoms with Crippen LogP contribution in [-0.4, -0.2) is 50.4 Å². The Morgan fingerprint density at radius 2 is 1.54 bits per heavy atom. The Morgan fingerprint density at radius 1 is 0.927 bits per heavy atom. The summed E-state index contributed by atoms with van der Waals surface area (Å²) in [6.45, 7) is 11.0. The molecule has 0 heterocycles. The minimum atomic E-state index is -4.15. The summed E-state index contributed by atoms with van der Waals surface area (Å²) in [5.74, 6) is -0.259. The van der Waals surface area contributed by atoms with Gasteiger partial charge in [0.05, 0.1) is 17.7 Å². The molecule has 1 atom stereocenters. The monoisotopic (exact) mass is 579 g/mol. The maximum absolute atomic E-state index is 14.2. The first kappa shape index (κ1) is 31.7. The fraction of sp³-hybridized carbons (Fsp3) is 0.375. The van der Waals surface area contributed by atoms with Crippen LogP contribution in [0.4, 0.5) is 5.69 Å². The van der Waals surface area contributed by atoms with Crippen molar-refractivity contribution in [2.45, 2.75) is 71.0 Å². The van der Waals surface area contributed by atoms with Crippen LogP contribution in [0, 0.1) is 13.8 Å². The second kappa shape index (κ2) is 13.2. The fourth-order valence-corrected chi connectivity index (χ4v) is 5.87. The normalized spacial score (nSPS) is 12.4. The number of hydrogen-bond acceptors (Lipinski definition) is 5. The number of rotatable bonds is 11. The number of aryl methyl sites for hydroxylation is 2. The molecule has 0 radical (unpaired) electrons. The highest BCUT2D eigenvalue weighted by Crippen LogP contribution is 2.27. The zero-order valence-electron chi connectivity index (χ0n) is 25.0. The van der Waals surface area contributed by atoms with Gasteiger partial charge in [-0.3, -0.25) is 13.9 Å². The molecule has 9 heteroatoms. The van der Waals surface area contributed by atoms with Gasteiger partial charge >= 0.3 is 0 Å². The molecule has 0 saturated heterocycles. The molecule has 3 aromatic rings. The maximum Gasteiger partial charge on any atom is 0.264 e. The highest BCUT2D eigenvalue weighted by atomic mass is 32.2. The lowest BCUT2D eigenvalue weighted by Crippen LogP contribution is -2.55. The summed E-state index contributed by atoms with van der Waals surface area (Å²) in [4.78, 5) is 29.1. The molecule has 0 fully saturated rings. The fourth-order valence-electron chi connectivity index (χ4n) is 4.46. The number of nitrogens with zero attached hydrogens (tertiary/aromatic N) is 2. The van der Waals surface area contributed by atoms with E-state index in [1.165, 1.54) is 24.1 Å². The van der Waals surface area contributed by atoms with E-state index in [9.17, 15) is 18.0 Å². The number of ether oxygens (including phenoxy) is 1.